The molecule has 4 atom stereocenters. The van der Waals surface area contributed by atoms with Crippen LogP contribution < -0.4 is 15.8 Å². The van der Waals surface area contributed by atoms with Crippen LogP contribution in [0.3, 0.4) is 0 Å². The van der Waals surface area contributed by atoms with Crippen molar-refractivity contribution in [2.75, 3.05) is 32.1 Å². The fourth-order valence-corrected chi connectivity index (χ4v) is 5.67. The van der Waals surface area contributed by atoms with Gasteiger partial charge in [-0.2, -0.15) is 13.2 Å². The number of hydrogen-bond donors (Lipinski definition) is 2. The molecule has 244 valence electrons. The highest BCUT2D eigenvalue weighted by Crippen LogP contribution is 2.38. The standard InChI is InChI=1S/C31H34F3N7O5/c1-4-45-23(16-42)21-14-18(10-13-38-30-36-11-5-12-37-30)15-41(21)29(43)26-27(17(2)35)46-28(40-26)20-6-8-22(44-3)25-19(20)7-9-24(39-25)31(32,33)34/h5-9,11-12,16-18,21,23H,4,10,13-15,35H2,1-3H3,(H,36,37,38)/t17-,18?,21-,23?/m0/s1. The van der Waals surface area contributed by atoms with E-state index in [9.17, 15) is 22.8 Å². The summed E-state index contributed by atoms with van der Waals surface area (Å²) in [6, 6.07) is 5.51. The van der Waals surface area contributed by atoms with Gasteiger partial charge in [-0.1, -0.05) is 0 Å². The molecule has 1 aromatic carbocycles. The summed E-state index contributed by atoms with van der Waals surface area (Å²) in [5, 5.41) is 3.44. The normalized spacial score (nSPS) is 18.0. The van der Waals surface area contributed by atoms with Gasteiger partial charge in [0.1, 0.15) is 23.1 Å². The number of likely N-dealkylation sites (tertiary alicyclic amines) is 1. The first-order valence-corrected chi connectivity index (χ1v) is 14.8. The van der Waals surface area contributed by atoms with Gasteiger partial charge in [-0.05, 0) is 62.9 Å². The van der Waals surface area contributed by atoms with Crippen molar-refractivity contribution in [3.05, 3.63) is 59.9 Å². The summed E-state index contributed by atoms with van der Waals surface area (Å²) >= 11 is 0. The second kappa shape index (κ2) is 13.8. The molecule has 3 aromatic heterocycles. The van der Waals surface area contributed by atoms with Crippen LogP contribution in [-0.2, 0) is 15.7 Å². The Hall–Kier alpha value is -4.63. The number of fused-ring (bicyclic) bond motifs is 1. The van der Waals surface area contributed by atoms with E-state index in [1.165, 1.54) is 19.2 Å². The minimum atomic E-state index is -4.67. The van der Waals surface area contributed by atoms with Crippen LogP contribution >= 0.6 is 0 Å². The quantitative estimate of drug-likeness (QED) is 0.207. The van der Waals surface area contributed by atoms with E-state index < -0.39 is 36.0 Å². The predicted molar refractivity (Wildman–Crippen MR) is 161 cm³/mol. The Morgan fingerprint density at radius 3 is 2.63 bits per heavy atom. The highest BCUT2D eigenvalue weighted by molar-refractivity contribution is 5.98. The number of anilines is 1. The smallest absolute Gasteiger partial charge is 0.433 e. The molecule has 1 saturated heterocycles. The number of nitrogens with zero attached hydrogens (tertiary/aromatic N) is 5. The topological polar surface area (TPSA) is 159 Å². The number of hydrogen-bond acceptors (Lipinski definition) is 11. The first-order valence-electron chi connectivity index (χ1n) is 14.8. The monoisotopic (exact) mass is 641 g/mol. The number of benzene rings is 1. The van der Waals surface area contributed by atoms with Gasteiger partial charge in [0.2, 0.25) is 11.8 Å². The number of halogens is 3. The number of aldehydes is 1. The summed E-state index contributed by atoms with van der Waals surface area (Å²) in [5.74, 6) is 0.176. The Balaban J connectivity index is 1.48. The van der Waals surface area contributed by atoms with Crippen LogP contribution in [0.1, 0.15) is 54.7 Å². The zero-order chi connectivity index (χ0) is 33.0. The second-order valence-electron chi connectivity index (χ2n) is 10.9. The van der Waals surface area contributed by atoms with Crippen molar-refractivity contribution in [1.82, 2.24) is 24.8 Å². The van der Waals surface area contributed by atoms with Crippen LogP contribution in [0, 0.1) is 5.92 Å². The fourth-order valence-electron chi connectivity index (χ4n) is 5.67. The maximum absolute atomic E-state index is 14.2. The molecule has 0 saturated carbocycles. The number of carbonyl (C=O) groups excluding carboxylic acids is 2. The van der Waals surface area contributed by atoms with Crippen LogP contribution in [-0.4, -0.2) is 76.0 Å². The first-order chi connectivity index (χ1) is 22.0. The molecule has 0 bridgehead atoms. The number of ether oxygens (including phenoxy) is 2. The molecule has 1 aliphatic heterocycles. The number of methoxy groups -OCH3 is 1. The molecule has 12 nitrogen and oxygen atoms in total. The van der Waals surface area contributed by atoms with Crippen molar-refractivity contribution >= 4 is 29.0 Å². The van der Waals surface area contributed by atoms with E-state index in [4.69, 9.17) is 19.6 Å². The number of nitrogens with one attached hydrogen (secondary N) is 1. The Morgan fingerprint density at radius 1 is 1.22 bits per heavy atom. The van der Waals surface area contributed by atoms with Crippen LogP contribution in [0.15, 0.2) is 47.1 Å². The van der Waals surface area contributed by atoms with Crippen molar-refractivity contribution in [2.45, 2.75) is 51.1 Å². The lowest BCUT2D eigenvalue weighted by molar-refractivity contribution is -0.141. The molecule has 5 rings (SSSR count). The van der Waals surface area contributed by atoms with E-state index in [0.29, 0.717) is 43.7 Å². The van der Waals surface area contributed by atoms with Gasteiger partial charge in [-0.25, -0.2) is 19.9 Å². The summed E-state index contributed by atoms with van der Waals surface area (Å²) in [7, 11) is 1.33. The van der Waals surface area contributed by atoms with Crippen molar-refractivity contribution < 1.29 is 36.7 Å². The average molecular weight is 642 g/mol. The fraction of sp³-hybridized carbons (Fsp3) is 0.419. The number of rotatable bonds is 12. The zero-order valence-electron chi connectivity index (χ0n) is 25.5. The van der Waals surface area contributed by atoms with Crippen LogP contribution in [0.25, 0.3) is 22.4 Å². The Bertz CT molecular complexity index is 1680. The van der Waals surface area contributed by atoms with Gasteiger partial charge in [0, 0.05) is 43.0 Å². The number of amides is 1. The summed E-state index contributed by atoms with van der Waals surface area (Å²) < 4.78 is 57.4. The van der Waals surface area contributed by atoms with Crippen molar-refractivity contribution in [2.24, 2.45) is 11.7 Å². The Morgan fingerprint density at radius 2 is 1.98 bits per heavy atom. The summed E-state index contributed by atoms with van der Waals surface area (Å²) in [5.41, 5.74) is 5.32. The molecule has 46 heavy (non-hydrogen) atoms. The molecular formula is C31H34F3N7O5. The van der Waals surface area contributed by atoms with Crippen LogP contribution in [0.5, 0.6) is 5.75 Å². The molecule has 0 spiro atoms. The van der Waals surface area contributed by atoms with Crippen molar-refractivity contribution in [1.29, 1.82) is 0 Å². The van der Waals surface area contributed by atoms with Gasteiger partial charge in [0.05, 0.1) is 19.2 Å². The molecule has 1 aliphatic rings. The molecular weight excluding hydrogens is 607 g/mol. The minimum absolute atomic E-state index is 0.0117. The maximum Gasteiger partial charge on any atom is 0.433 e. The van der Waals surface area contributed by atoms with E-state index >= 15 is 0 Å². The maximum atomic E-state index is 14.2. The predicted octanol–water partition coefficient (Wildman–Crippen LogP) is 4.66. The highest BCUT2D eigenvalue weighted by Gasteiger charge is 2.42. The van der Waals surface area contributed by atoms with Gasteiger partial charge >= 0.3 is 6.18 Å². The minimum Gasteiger partial charge on any atom is -0.494 e. The van der Waals surface area contributed by atoms with Crippen LogP contribution in [0.2, 0.25) is 0 Å². The van der Waals surface area contributed by atoms with E-state index in [2.05, 4.69) is 25.3 Å². The largest absolute Gasteiger partial charge is 0.494 e. The molecule has 15 heteroatoms. The SMILES string of the molecule is CCOC(C=O)[C@@H]1CC(CCNc2ncccn2)CN1C(=O)c1nc(-c2ccc(OC)c3nc(C(F)(F)F)ccc23)oc1[C@H](C)N. The van der Waals surface area contributed by atoms with Crippen molar-refractivity contribution in [3.8, 4) is 17.2 Å². The lowest BCUT2D eigenvalue weighted by Gasteiger charge is -2.28. The third-order valence-electron chi connectivity index (χ3n) is 7.80. The number of carbonyl (C=O) groups is 2. The van der Waals surface area contributed by atoms with E-state index in [1.54, 1.807) is 43.3 Å². The van der Waals surface area contributed by atoms with Gasteiger partial charge in [-0.15, -0.1) is 0 Å². The van der Waals surface area contributed by atoms with E-state index in [-0.39, 0.29) is 46.5 Å². The molecule has 4 aromatic rings. The second-order valence-corrected chi connectivity index (χ2v) is 10.9. The molecule has 2 unspecified atom stereocenters. The number of aromatic nitrogens is 4. The molecule has 1 amide bonds. The van der Waals surface area contributed by atoms with Gasteiger partial charge < -0.3 is 34.6 Å². The molecule has 0 aliphatic carbocycles. The number of nitrogens with two attached hydrogens (primary N) is 1. The highest BCUT2D eigenvalue weighted by atomic mass is 19.4. The summed E-state index contributed by atoms with van der Waals surface area (Å²) in [6.45, 7) is 4.52. The summed E-state index contributed by atoms with van der Waals surface area (Å²) in [4.78, 5) is 44.5. The lowest BCUT2D eigenvalue weighted by atomic mass is 9.99. The number of oxazole rings is 1. The van der Waals surface area contributed by atoms with E-state index in [0.717, 1.165) is 6.07 Å². The third kappa shape index (κ3) is 6.79. The third-order valence-corrected chi connectivity index (χ3v) is 7.80. The number of alkyl halides is 3. The Kier molecular flexibility index (Phi) is 9.82. The van der Waals surface area contributed by atoms with Crippen LogP contribution in [0.4, 0.5) is 19.1 Å². The molecule has 4 heterocycles. The van der Waals surface area contributed by atoms with Crippen molar-refractivity contribution in [3.63, 3.8) is 0 Å². The van der Waals surface area contributed by atoms with Gasteiger partial charge in [0.25, 0.3) is 5.91 Å². The molecule has 3 N–H and O–H groups in total. The van der Waals surface area contributed by atoms with Gasteiger partial charge in [0.15, 0.2) is 17.7 Å². The Labute approximate surface area is 262 Å². The van der Waals surface area contributed by atoms with E-state index in [1.807, 2.05) is 0 Å². The molecule has 1 fully saturated rings. The first kappa shape index (κ1) is 32.8. The van der Waals surface area contributed by atoms with Gasteiger partial charge in [-0.3, -0.25) is 4.79 Å². The lowest BCUT2D eigenvalue weighted by Crippen LogP contribution is -2.45. The zero-order valence-corrected chi connectivity index (χ0v) is 25.5. The molecule has 0 radical (unpaired) electrons. The summed E-state index contributed by atoms with van der Waals surface area (Å²) in [6.07, 6.45) is -0.424. The number of pyridine rings is 1. The average Bonchev–Trinajstić information content (AvgIpc) is 3.68.